The second-order valence-electron chi connectivity index (χ2n) is 9.56. The summed E-state index contributed by atoms with van der Waals surface area (Å²) >= 11 is 2.30. The summed E-state index contributed by atoms with van der Waals surface area (Å²) in [5, 5.41) is 20.0. The molecular formula is C30H34IN5O6. The zero-order valence-corrected chi connectivity index (χ0v) is 26.2. The highest BCUT2D eigenvalue weighted by molar-refractivity contribution is 14.1. The van der Waals surface area contributed by atoms with E-state index in [1.165, 1.54) is 7.11 Å². The summed E-state index contributed by atoms with van der Waals surface area (Å²) < 4.78 is 19.8. The van der Waals surface area contributed by atoms with Crippen molar-refractivity contribution in [2.24, 2.45) is 5.10 Å². The molecule has 4 N–H and O–H groups in total. The van der Waals surface area contributed by atoms with Crippen LogP contribution in [0.25, 0.3) is 5.69 Å². The number of allylic oxidation sites excluding steroid dienone is 1. The van der Waals surface area contributed by atoms with Crippen LogP contribution in [0.2, 0.25) is 0 Å². The molecule has 42 heavy (non-hydrogen) atoms. The SMILES string of the molecule is CCOc1cc([C@H]2NC(=O)NC(C)=C2C(=O)OC)ccc1OC[C@@H](O)N/N=C\c1cc(C)n(-c2cccc(I)c2)c1C. The Kier molecular flexibility index (Phi) is 10.1. The summed E-state index contributed by atoms with van der Waals surface area (Å²) in [5.74, 6) is 0.213. The van der Waals surface area contributed by atoms with Crippen LogP contribution in [0.4, 0.5) is 4.79 Å². The summed E-state index contributed by atoms with van der Waals surface area (Å²) in [6.07, 6.45) is 0.563. The van der Waals surface area contributed by atoms with Gasteiger partial charge in [-0.1, -0.05) is 12.1 Å². The molecule has 0 radical (unpaired) electrons. The molecule has 0 saturated heterocycles. The summed E-state index contributed by atoms with van der Waals surface area (Å²) in [6.45, 7) is 7.75. The van der Waals surface area contributed by atoms with Gasteiger partial charge in [0.25, 0.3) is 0 Å². The summed E-state index contributed by atoms with van der Waals surface area (Å²) in [5.41, 5.74) is 8.07. The smallest absolute Gasteiger partial charge is 0.337 e. The van der Waals surface area contributed by atoms with Crippen molar-refractivity contribution in [3.8, 4) is 17.2 Å². The minimum atomic E-state index is -1.10. The minimum absolute atomic E-state index is 0.116. The van der Waals surface area contributed by atoms with Crippen molar-refractivity contribution in [3.63, 3.8) is 0 Å². The maximum atomic E-state index is 12.4. The number of urea groups is 1. The maximum absolute atomic E-state index is 12.4. The molecular weight excluding hydrogens is 653 g/mol. The second kappa shape index (κ2) is 13.7. The highest BCUT2D eigenvalue weighted by atomic mass is 127. The molecule has 2 heterocycles. The molecule has 0 unspecified atom stereocenters. The number of aliphatic hydroxyl groups excluding tert-OH is 1. The topological polar surface area (TPSA) is 135 Å². The number of rotatable bonds is 11. The van der Waals surface area contributed by atoms with Crippen LogP contribution in [0.5, 0.6) is 11.5 Å². The van der Waals surface area contributed by atoms with Gasteiger partial charge in [-0.05, 0) is 92.2 Å². The Morgan fingerprint density at radius 2 is 1.95 bits per heavy atom. The number of hydrazone groups is 1. The summed E-state index contributed by atoms with van der Waals surface area (Å²) in [6, 6.07) is 14.2. The van der Waals surface area contributed by atoms with Gasteiger partial charge in [-0.2, -0.15) is 5.10 Å². The zero-order valence-electron chi connectivity index (χ0n) is 24.0. The monoisotopic (exact) mass is 687 g/mol. The van der Waals surface area contributed by atoms with E-state index in [1.807, 2.05) is 39.0 Å². The number of aromatic nitrogens is 1. The number of nitrogens with zero attached hydrogens (tertiary/aromatic N) is 2. The van der Waals surface area contributed by atoms with E-state index in [9.17, 15) is 14.7 Å². The second-order valence-corrected chi connectivity index (χ2v) is 10.8. The van der Waals surface area contributed by atoms with Crippen molar-refractivity contribution < 1.29 is 28.9 Å². The largest absolute Gasteiger partial charge is 0.490 e. The van der Waals surface area contributed by atoms with Gasteiger partial charge in [0.1, 0.15) is 6.61 Å². The van der Waals surface area contributed by atoms with E-state index in [-0.39, 0.29) is 12.2 Å². The lowest BCUT2D eigenvalue weighted by Crippen LogP contribution is -2.45. The highest BCUT2D eigenvalue weighted by Gasteiger charge is 2.32. The van der Waals surface area contributed by atoms with E-state index < -0.39 is 24.3 Å². The van der Waals surface area contributed by atoms with E-state index in [0.717, 1.165) is 26.2 Å². The molecule has 1 aliphatic heterocycles. The van der Waals surface area contributed by atoms with Crippen molar-refractivity contribution in [3.05, 3.63) is 85.9 Å². The lowest BCUT2D eigenvalue weighted by Gasteiger charge is -2.28. The number of nitrogens with one attached hydrogen (secondary N) is 3. The molecule has 2 amide bonds. The number of aliphatic hydroxyl groups is 1. The molecule has 222 valence electrons. The number of hydrogen-bond donors (Lipinski definition) is 4. The first-order chi connectivity index (χ1) is 20.1. The molecule has 0 saturated carbocycles. The number of carbonyl (C=O) groups excluding carboxylic acids is 2. The Balaban J connectivity index is 1.43. The fourth-order valence-electron chi connectivity index (χ4n) is 4.75. The number of aryl methyl sites for hydroxylation is 1. The Morgan fingerprint density at radius 1 is 1.17 bits per heavy atom. The number of esters is 1. The number of carbonyl (C=O) groups is 2. The van der Waals surface area contributed by atoms with Crippen molar-refractivity contribution >= 4 is 40.8 Å². The number of halogens is 1. The minimum Gasteiger partial charge on any atom is -0.490 e. The van der Waals surface area contributed by atoms with E-state index in [4.69, 9.17) is 14.2 Å². The first-order valence-electron chi connectivity index (χ1n) is 13.3. The Bertz CT molecular complexity index is 1530. The predicted octanol–water partition coefficient (Wildman–Crippen LogP) is 4.22. The molecule has 11 nitrogen and oxygen atoms in total. The third-order valence-electron chi connectivity index (χ3n) is 6.64. The predicted molar refractivity (Wildman–Crippen MR) is 167 cm³/mol. The number of amides is 2. The van der Waals surface area contributed by atoms with Gasteiger partial charge < -0.3 is 34.5 Å². The fraction of sp³-hybridized carbons (Fsp3) is 0.300. The quantitative estimate of drug-likeness (QED) is 0.0780. The summed E-state index contributed by atoms with van der Waals surface area (Å²) in [4.78, 5) is 24.6. The lowest BCUT2D eigenvalue weighted by molar-refractivity contribution is -0.136. The van der Waals surface area contributed by atoms with Gasteiger partial charge >= 0.3 is 12.0 Å². The van der Waals surface area contributed by atoms with Gasteiger partial charge in [0.2, 0.25) is 0 Å². The van der Waals surface area contributed by atoms with Gasteiger partial charge in [-0.15, -0.1) is 0 Å². The van der Waals surface area contributed by atoms with Crippen molar-refractivity contribution in [1.29, 1.82) is 0 Å². The number of ether oxygens (including phenoxy) is 3. The Hall–Kier alpha value is -4.04. The van der Waals surface area contributed by atoms with Gasteiger partial charge in [0, 0.05) is 31.9 Å². The van der Waals surface area contributed by atoms with E-state index >= 15 is 0 Å². The van der Waals surface area contributed by atoms with Gasteiger partial charge in [-0.25, -0.2) is 9.59 Å². The Labute approximate surface area is 258 Å². The van der Waals surface area contributed by atoms with Crippen LogP contribution >= 0.6 is 22.6 Å². The molecule has 2 atom stereocenters. The van der Waals surface area contributed by atoms with Gasteiger partial charge in [0.05, 0.1) is 31.5 Å². The van der Waals surface area contributed by atoms with E-state index in [1.54, 1.807) is 31.3 Å². The van der Waals surface area contributed by atoms with Crippen LogP contribution in [-0.4, -0.2) is 54.4 Å². The first kappa shape index (κ1) is 30.9. The third kappa shape index (κ3) is 7.05. The molecule has 0 fully saturated rings. The van der Waals surface area contributed by atoms with Crippen molar-refractivity contribution in [2.45, 2.75) is 40.0 Å². The molecule has 1 aromatic heterocycles. The van der Waals surface area contributed by atoms with Crippen molar-refractivity contribution in [1.82, 2.24) is 20.6 Å². The highest BCUT2D eigenvalue weighted by Crippen LogP contribution is 2.35. The number of methoxy groups -OCH3 is 1. The lowest BCUT2D eigenvalue weighted by atomic mass is 9.95. The molecule has 2 aromatic carbocycles. The average molecular weight is 688 g/mol. The Morgan fingerprint density at radius 3 is 2.67 bits per heavy atom. The molecule has 4 rings (SSSR count). The molecule has 0 aliphatic carbocycles. The number of hydrogen-bond acceptors (Lipinski definition) is 8. The molecule has 0 bridgehead atoms. The van der Waals surface area contributed by atoms with Crippen molar-refractivity contribution in [2.75, 3.05) is 20.3 Å². The molecule has 1 aliphatic rings. The molecule has 12 heteroatoms. The van der Waals surface area contributed by atoms with Crippen LogP contribution in [0.3, 0.4) is 0 Å². The normalized spacial score (nSPS) is 15.7. The third-order valence-corrected chi connectivity index (χ3v) is 7.31. The molecule has 3 aromatic rings. The zero-order chi connectivity index (χ0) is 30.4. The fourth-order valence-corrected chi connectivity index (χ4v) is 5.27. The first-order valence-corrected chi connectivity index (χ1v) is 14.4. The average Bonchev–Trinajstić information content (AvgIpc) is 3.24. The van der Waals surface area contributed by atoms with Crippen LogP contribution in [0.15, 0.2) is 64.9 Å². The van der Waals surface area contributed by atoms with Gasteiger partial charge in [0.15, 0.2) is 17.7 Å². The maximum Gasteiger partial charge on any atom is 0.337 e. The standard InChI is InChI=1S/C30H34IN5O6/c1-6-41-25-13-20(28-27(29(38)40-5)18(3)33-30(39)34-28)10-11-24(25)42-16-26(37)35-32-15-21-12-17(2)36(19(21)4)23-9-7-8-22(31)14-23/h7-15,26,28,35,37H,6,16H2,1-5H3,(H2,33,34,39)/b32-15-/t26-,28-/m1/s1. The van der Waals surface area contributed by atoms with Crippen LogP contribution < -0.4 is 25.5 Å². The number of benzene rings is 2. The van der Waals surface area contributed by atoms with Crippen LogP contribution in [0.1, 0.15) is 42.4 Å². The van der Waals surface area contributed by atoms with E-state index in [0.29, 0.717) is 29.4 Å². The van der Waals surface area contributed by atoms with E-state index in [2.05, 4.69) is 60.5 Å². The molecule has 0 spiro atoms. The van der Waals surface area contributed by atoms with Crippen LogP contribution in [-0.2, 0) is 9.53 Å². The van der Waals surface area contributed by atoms with Gasteiger partial charge in [-0.3, -0.25) is 5.43 Å². The van der Waals surface area contributed by atoms with Crippen LogP contribution in [0, 0.1) is 17.4 Å². The summed E-state index contributed by atoms with van der Waals surface area (Å²) in [7, 11) is 1.28.